The average Bonchev–Trinajstić information content (AvgIpc) is 2.66. The van der Waals surface area contributed by atoms with Crippen molar-refractivity contribution < 1.29 is 0 Å². The first-order chi connectivity index (χ1) is 11.9. The molecule has 0 unspecified atom stereocenters. The maximum Gasteiger partial charge on any atom is 0.105 e. The van der Waals surface area contributed by atoms with Gasteiger partial charge in [-0.25, -0.2) is 4.98 Å². The lowest BCUT2D eigenvalue weighted by Crippen LogP contribution is -1.90. The highest BCUT2D eigenvalue weighted by atomic mass is 32.2. The Kier molecular flexibility index (Phi) is 3.00. The van der Waals surface area contributed by atoms with Gasteiger partial charge in [-0.15, -0.1) is 11.8 Å². The zero-order chi connectivity index (χ0) is 16.1. The molecule has 0 atom stereocenters. The van der Waals surface area contributed by atoms with E-state index >= 15 is 0 Å². The smallest absolute Gasteiger partial charge is 0.105 e. The van der Waals surface area contributed by atoms with Gasteiger partial charge in [0.25, 0.3) is 0 Å². The molecule has 1 aromatic heterocycles. The van der Waals surface area contributed by atoms with Crippen LogP contribution in [0.3, 0.4) is 0 Å². The predicted octanol–water partition coefficient (Wildman–Crippen LogP) is 6.42. The van der Waals surface area contributed by atoms with E-state index in [1.54, 1.807) is 11.8 Å². The molecular formula is C22H15NS. The lowest BCUT2D eigenvalue weighted by Gasteiger charge is -2.12. The van der Waals surface area contributed by atoms with Crippen LogP contribution in [0.5, 0.6) is 0 Å². The summed E-state index contributed by atoms with van der Waals surface area (Å²) in [5, 5.41) is 10.00. The third kappa shape index (κ3) is 1.87. The van der Waals surface area contributed by atoms with Gasteiger partial charge in [-0.1, -0.05) is 66.7 Å². The second-order valence-corrected chi connectivity index (χ2v) is 6.81. The quantitative estimate of drug-likeness (QED) is 0.261. The molecule has 0 saturated carbocycles. The third-order valence-corrected chi connectivity index (χ3v) is 5.42. The maximum absolute atomic E-state index is 4.99. The zero-order valence-corrected chi connectivity index (χ0v) is 14.1. The molecule has 0 amide bonds. The summed E-state index contributed by atoms with van der Waals surface area (Å²) in [6.45, 7) is 0. The van der Waals surface area contributed by atoms with Gasteiger partial charge in [-0.05, 0) is 39.3 Å². The van der Waals surface area contributed by atoms with Crippen molar-refractivity contribution in [3.63, 3.8) is 0 Å². The molecule has 5 aromatic rings. The van der Waals surface area contributed by atoms with Gasteiger partial charge in [0, 0.05) is 10.8 Å². The standard InChI is InChI=1S/C22H15NS/c1-24-22-21-17-9-5-3-6-14(17)10-12-18(21)20-16-8-4-2-7-15(16)11-13-19(20)23-22/h2-13H,1H3. The number of hydrogen-bond donors (Lipinski definition) is 0. The van der Waals surface area contributed by atoms with E-state index < -0.39 is 0 Å². The van der Waals surface area contributed by atoms with Gasteiger partial charge < -0.3 is 0 Å². The summed E-state index contributed by atoms with van der Waals surface area (Å²) in [5.74, 6) is 0. The fourth-order valence-electron chi connectivity index (χ4n) is 3.66. The fourth-order valence-corrected chi connectivity index (χ4v) is 4.27. The van der Waals surface area contributed by atoms with Crippen molar-refractivity contribution in [2.24, 2.45) is 0 Å². The van der Waals surface area contributed by atoms with Crippen LogP contribution in [0.25, 0.3) is 43.2 Å². The van der Waals surface area contributed by atoms with E-state index in [1.807, 2.05) is 0 Å². The molecule has 4 aromatic carbocycles. The molecule has 114 valence electrons. The molecule has 0 aliphatic carbocycles. The van der Waals surface area contributed by atoms with E-state index in [0.29, 0.717) is 0 Å². The van der Waals surface area contributed by atoms with Crippen molar-refractivity contribution in [2.45, 2.75) is 5.03 Å². The average molecular weight is 325 g/mol. The van der Waals surface area contributed by atoms with Crippen molar-refractivity contribution in [1.29, 1.82) is 0 Å². The van der Waals surface area contributed by atoms with Crippen LogP contribution in [-0.2, 0) is 0 Å². The number of thioether (sulfide) groups is 1. The molecule has 24 heavy (non-hydrogen) atoms. The predicted molar refractivity (Wildman–Crippen MR) is 106 cm³/mol. The lowest BCUT2D eigenvalue weighted by atomic mass is 9.97. The first-order valence-electron chi connectivity index (χ1n) is 8.04. The Morgan fingerprint density at radius 3 is 1.96 bits per heavy atom. The molecule has 1 nitrogen and oxygen atoms in total. The van der Waals surface area contributed by atoms with Crippen LogP contribution < -0.4 is 0 Å². The minimum absolute atomic E-state index is 1.07. The van der Waals surface area contributed by atoms with Crippen LogP contribution >= 0.6 is 11.8 Å². The van der Waals surface area contributed by atoms with Crippen molar-refractivity contribution in [2.75, 3.05) is 6.26 Å². The number of hydrogen-bond acceptors (Lipinski definition) is 2. The summed E-state index contributed by atoms with van der Waals surface area (Å²) in [4.78, 5) is 4.99. The number of rotatable bonds is 1. The van der Waals surface area contributed by atoms with Crippen LogP contribution in [0.15, 0.2) is 77.8 Å². The van der Waals surface area contributed by atoms with Crippen molar-refractivity contribution in [1.82, 2.24) is 4.98 Å². The second-order valence-electron chi connectivity index (χ2n) is 6.01. The molecule has 0 aliphatic rings. The van der Waals surface area contributed by atoms with E-state index in [4.69, 9.17) is 4.98 Å². The molecule has 0 spiro atoms. The van der Waals surface area contributed by atoms with E-state index in [2.05, 4.69) is 79.1 Å². The molecule has 0 bridgehead atoms. The maximum atomic E-state index is 4.99. The summed E-state index contributed by atoms with van der Waals surface area (Å²) in [6.07, 6.45) is 2.11. The highest BCUT2D eigenvalue weighted by molar-refractivity contribution is 7.98. The molecule has 0 saturated heterocycles. The Hall–Kier alpha value is -2.58. The number of benzene rings is 4. The van der Waals surface area contributed by atoms with Crippen molar-refractivity contribution >= 4 is 55.0 Å². The van der Waals surface area contributed by atoms with Gasteiger partial charge in [0.15, 0.2) is 0 Å². The minimum atomic E-state index is 1.07. The van der Waals surface area contributed by atoms with Gasteiger partial charge in [-0.3, -0.25) is 0 Å². The summed E-state index contributed by atoms with van der Waals surface area (Å²) in [6, 6.07) is 26.0. The van der Waals surface area contributed by atoms with Crippen molar-refractivity contribution in [3.05, 3.63) is 72.8 Å². The molecule has 1 heterocycles. The Bertz CT molecular complexity index is 1240. The molecular weight excluding hydrogens is 310 g/mol. The number of fused-ring (bicyclic) bond motifs is 7. The van der Waals surface area contributed by atoms with Crippen LogP contribution in [0, 0.1) is 0 Å². The van der Waals surface area contributed by atoms with Crippen LogP contribution in [0.4, 0.5) is 0 Å². The third-order valence-electron chi connectivity index (χ3n) is 4.73. The SMILES string of the molecule is CSc1nc2ccc3ccccc3c2c2ccc3ccccc3c12. The van der Waals surface area contributed by atoms with Gasteiger partial charge in [0.2, 0.25) is 0 Å². The van der Waals surface area contributed by atoms with Gasteiger partial charge in [0.1, 0.15) is 5.03 Å². The summed E-state index contributed by atoms with van der Waals surface area (Å²) >= 11 is 1.72. The number of aromatic nitrogens is 1. The van der Waals surface area contributed by atoms with Gasteiger partial charge in [-0.2, -0.15) is 0 Å². The minimum Gasteiger partial charge on any atom is -0.241 e. The molecule has 0 N–H and O–H groups in total. The summed E-state index contributed by atoms with van der Waals surface area (Å²) in [7, 11) is 0. The van der Waals surface area contributed by atoms with Gasteiger partial charge >= 0.3 is 0 Å². The van der Waals surface area contributed by atoms with E-state index in [-0.39, 0.29) is 0 Å². The van der Waals surface area contributed by atoms with E-state index in [0.717, 1.165) is 10.5 Å². The van der Waals surface area contributed by atoms with Crippen LogP contribution in [0.1, 0.15) is 0 Å². The first kappa shape index (κ1) is 13.8. The second kappa shape index (κ2) is 5.22. The summed E-state index contributed by atoms with van der Waals surface area (Å²) < 4.78 is 0. The first-order valence-corrected chi connectivity index (χ1v) is 9.26. The molecule has 0 aliphatic heterocycles. The molecule has 2 heteroatoms. The highest BCUT2D eigenvalue weighted by Crippen LogP contribution is 2.38. The Balaban J connectivity index is 2.13. The normalized spacial score (nSPS) is 11.7. The molecule has 0 fully saturated rings. The zero-order valence-electron chi connectivity index (χ0n) is 13.3. The Morgan fingerprint density at radius 1 is 0.625 bits per heavy atom. The Morgan fingerprint density at radius 2 is 1.25 bits per heavy atom. The monoisotopic (exact) mass is 325 g/mol. The summed E-state index contributed by atoms with van der Waals surface area (Å²) in [5.41, 5.74) is 1.07. The van der Waals surface area contributed by atoms with Gasteiger partial charge in [0.05, 0.1) is 5.52 Å². The largest absolute Gasteiger partial charge is 0.241 e. The fraction of sp³-hybridized carbons (Fsp3) is 0.0455. The topological polar surface area (TPSA) is 12.9 Å². The number of nitrogens with zero attached hydrogens (tertiary/aromatic N) is 1. The highest BCUT2D eigenvalue weighted by Gasteiger charge is 2.13. The van der Waals surface area contributed by atoms with Crippen LogP contribution in [-0.4, -0.2) is 11.2 Å². The lowest BCUT2D eigenvalue weighted by molar-refractivity contribution is 1.24. The number of pyridine rings is 1. The molecule has 5 rings (SSSR count). The van der Waals surface area contributed by atoms with E-state index in [1.165, 1.54) is 37.7 Å². The van der Waals surface area contributed by atoms with E-state index in [9.17, 15) is 0 Å². The van der Waals surface area contributed by atoms with Crippen molar-refractivity contribution in [3.8, 4) is 0 Å². The Labute approximate surface area is 144 Å². The molecule has 0 radical (unpaired) electrons. The van der Waals surface area contributed by atoms with Crippen LogP contribution in [0.2, 0.25) is 0 Å².